The number of halogens is 2. The van der Waals surface area contributed by atoms with Crippen LogP contribution in [-0.2, 0) is 13.6 Å². The van der Waals surface area contributed by atoms with E-state index in [-0.39, 0.29) is 16.7 Å². The second-order valence-corrected chi connectivity index (χ2v) is 9.72. The molecule has 7 heteroatoms. The lowest BCUT2D eigenvalue weighted by Crippen LogP contribution is -2.20. The third-order valence-electron chi connectivity index (χ3n) is 5.75. The van der Waals surface area contributed by atoms with Gasteiger partial charge in [-0.3, -0.25) is 4.79 Å². The number of rotatable bonds is 7. The number of nitrogens with one attached hydrogen (secondary N) is 2. The normalized spacial score (nSPS) is 11.8. The maximum Gasteiger partial charge on any atom is 0.274 e. The van der Waals surface area contributed by atoms with Crippen molar-refractivity contribution in [3.8, 4) is 22.6 Å². The number of benzene rings is 2. The summed E-state index contributed by atoms with van der Waals surface area (Å²) in [5.74, 6) is -1.12. The van der Waals surface area contributed by atoms with E-state index in [0.717, 1.165) is 41.6 Å². The Hall–Kier alpha value is -3.45. The predicted octanol–water partition coefficient (Wildman–Crippen LogP) is 6.13. The summed E-state index contributed by atoms with van der Waals surface area (Å²) in [6.45, 7) is 8.14. The number of aromatic nitrogens is 2. The first-order chi connectivity index (χ1) is 16.1. The molecule has 0 atom stereocenters. The molecule has 2 aromatic carbocycles. The van der Waals surface area contributed by atoms with Gasteiger partial charge >= 0.3 is 0 Å². The molecule has 2 N–H and O–H groups in total. The highest BCUT2D eigenvalue weighted by Crippen LogP contribution is 2.38. The summed E-state index contributed by atoms with van der Waals surface area (Å²) >= 11 is 0. The van der Waals surface area contributed by atoms with Crippen LogP contribution >= 0.6 is 0 Å². The topological polar surface area (TPSA) is 59.1 Å². The zero-order valence-electron chi connectivity index (χ0n) is 19.8. The number of hydrogen-bond acceptors (Lipinski definition) is 3. The third-order valence-corrected chi connectivity index (χ3v) is 5.75. The van der Waals surface area contributed by atoms with E-state index in [1.165, 1.54) is 10.6 Å². The van der Waals surface area contributed by atoms with Gasteiger partial charge in [-0.25, -0.2) is 8.78 Å². The Kier molecular flexibility index (Phi) is 6.57. The molecule has 0 saturated heterocycles. The van der Waals surface area contributed by atoms with E-state index in [2.05, 4.69) is 31.1 Å². The summed E-state index contributed by atoms with van der Waals surface area (Å²) in [4.78, 5) is 15.6. The van der Waals surface area contributed by atoms with Crippen LogP contribution < -0.4 is 15.6 Å². The largest absolute Gasteiger partial charge is 0.454 e. The molecule has 4 rings (SSSR count). The summed E-state index contributed by atoms with van der Waals surface area (Å²) in [5, 5.41) is 4.21. The number of pyridine rings is 1. The number of ether oxygens (including phenoxy) is 1. The highest BCUT2D eigenvalue weighted by molar-refractivity contribution is 5.96. The highest BCUT2D eigenvalue weighted by Gasteiger charge is 2.17. The van der Waals surface area contributed by atoms with Crippen LogP contribution in [0.1, 0.15) is 32.8 Å². The van der Waals surface area contributed by atoms with Gasteiger partial charge in [-0.05, 0) is 54.3 Å². The molecule has 0 radical (unpaired) electrons. The van der Waals surface area contributed by atoms with Crippen molar-refractivity contribution in [2.24, 2.45) is 12.5 Å². The number of aryl methyl sites for hydroxylation is 1. The third kappa shape index (κ3) is 5.20. The molecule has 0 aliphatic carbocycles. The first kappa shape index (κ1) is 23.7. The fourth-order valence-corrected chi connectivity index (χ4v) is 3.80. The SMILES string of the molecule is Cn1ccc2c(-c3cc(CNCCC(C)(C)C)ccc3Oc3ccc(F)cc3F)c[nH]c2c1=O. The number of aromatic amines is 1. The molecule has 0 bridgehead atoms. The smallest absolute Gasteiger partial charge is 0.274 e. The fourth-order valence-electron chi connectivity index (χ4n) is 3.80. The molecule has 0 amide bonds. The second kappa shape index (κ2) is 9.43. The van der Waals surface area contributed by atoms with Gasteiger partial charge in [0.05, 0.1) is 0 Å². The molecule has 0 spiro atoms. The molecule has 0 aliphatic heterocycles. The van der Waals surface area contributed by atoms with Crippen molar-refractivity contribution >= 4 is 10.9 Å². The molecular weight excluding hydrogens is 436 g/mol. The van der Waals surface area contributed by atoms with Crippen LogP contribution in [0.2, 0.25) is 0 Å². The maximum atomic E-state index is 14.3. The Morgan fingerprint density at radius 2 is 1.79 bits per heavy atom. The summed E-state index contributed by atoms with van der Waals surface area (Å²) in [6.07, 6.45) is 4.50. The van der Waals surface area contributed by atoms with E-state index in [0.29, 0.717) is 23.4 Å². The molecule has 2 heterocycles. The lowest BCUT2D eigenvalue weighted by molar-refractivity contribution is 0.366. The molecule has 5 nitrogen and oxygen atoms in total. The minimum atomic E-state index is -0.785. The molecule has 2 aromatic heterocycles. The number of fused-ring (bicyclic) bond motifs is 1. The Balaban J connectivity index is 1.73. The molecule has 0 aliphatic rings. The van der Waals surface area contributed by atoms with Gasteiger partial charge in [0.15, 0.2) is 11.6 Å². The first-order valence-corrected chi connectivity index (χ1v) is 11.3. The van der Waals surface area contributed by atoms with E-state index in [9.17, 15) is 13.6 Å². The monoisotopic (exact) mass is 465 g/mol. The number of hydrogen-bond donors (Lipinski definition) is 2. The van der Waals surface area contributed by atoms with Crippen LogP contribution in [0.3, 0.4) is 0 Å². The van der Waals surface area contributed by atoms with Gasteiger partial charge in [0.25, 0.3) is 5.56 Å². The second-order valence-electron chi connectivity index (χ2n) is 9.72. The van der Waals surface area contributed by atoms with Crippen LogP contribution in [0.15, 0.2) is 59.7 Å². The van der Waals surface area contributed by atoms with E-state index in [1.54, 1.807) is 25.5 Å². The number of H-pyrrole nitrogens is 1. The van der Waals surface area contributed by atoms with Crippen molar-refractivity contribution in [2.75, 3.05) is 6.54 Å². The minimum Gasteiger partial charge on any atom is -0.454 e. The van der Waals surface area contributed by atoms with E-state index in [4.69, 9.17) is 4.74 Å². The molecular formula is C27H29F2N3O2. The quantitative estimate of drug-likeness (QED) is 0.323. The first-order valence-electron chi connectivity index (χ1n) is 11.3. The van der Waals surface area contributed by atoms with Crippen LogP contribution in [0, 0.1) is 17.0 Å². The minimum absolute atomic E-state index is 0.0746. The van der Waals surface area contributed by atoms with Gasteiger partial charge < -0.3 is 19.6 Å². The lowest BCUT2D eigenvalue weighted by atomic mass is 9.92. The van der Waals surface area contributed by atoms with E-state index < -0.39 is 11.6 Å². The lowest BCUT2D eigenvalue weighted by Gasteiger charge is -2.18. The average molecular weight is 466 g/mol. The Morgan fingerprint density at radius 1 is 1.03 bits per heavy atom. The predicted molar refractivity (Wildman–Crippen MR) is 131 cm³/mol. The van der Waals surface area contributed by atoms with Crippen molar-refractivity contribution in [2.45, 2.75) is 33.7 Å². The molecule has 34 heavy (non-hydrogen) atoms. The molecule has 0 fully saturated rings. The number of nitrogens with zero attached hydrogens (tertiary/aromatic N) is 1. The summed E-state index contributed by atoms with van der Waals surface area (Å²) in [6, 6.07) is 10.7. The van der Waals surface area contributed by atoms with Crippen molar-refractivity contribution in [3.05, 3.63) is 82.4 Å². The molecule has 178 valence electrons. The van der Waals surface area contributed by atoms with Gasteiger partial charge in [-0.15, -0.1) is 0 Å². The van der Waals surface area contributed by atoms with Crippen LogP contribution in [0.25, 0.3) is 22.0 Å². The van der Waals surface area contributed by atoms with Gasteiger partial charge in [0, 0.05) is 48.6 Å². The van der Waals surface area contributed by atoms with Gasteiger partial charge in [0.2, 0.25) is 0 Å². The molecule has 0 unspecified atom stereocenters. The van der Waals surface area contributed by atoms with Gasteiger partial charge in [0.1, 0.15) is 17.1 Å². The van der Waals surface area contributed by atoms with E-state index in [1.807, 2.05) is 18.2 Å². The van der Waals surface area contributed by atoms with Crippen molar-refractivity contribution in [1.82, 2.24) is 14.9 Å². The van der Waals surface area contributed by atoms with Gasteiger partial charge in [-0.1, -0.05) is 26.8 Å². The van der Waals surface area contributed by atoms with Crippen molar-refractivity contribution in [3.63, 3.8) is 0 Å². The summed E-state index contributed by atoms with van der Waals surface area (Å²) in [5.41, 5.74) is 3.07. The maximum absolute atomic E-state index is 14.3. The van der Waals surface area contributed by atoms with E-state index >= 15 is 0 Å². The van der Waals surface area contributed by atoms with Crippen LogP contribution in [0.4, 0.5) is 8.78 Å². The summed E-state index contributed by atoms with van der Waals surface area (Å²) < 4.78 is 35.1. The standard InChI is InChI=1S/C27H29F2N3O2/c1-27(2,3)10-11-30-15-17-5-7-23(34-24-8-6-18(28)14-22(24)29)20(13-17)21-16-31-25-19(21)9-12-32(4)26(25)33/h5-9,12-14,16,30-31H,10-11,15H2,1-4H3. The van der Waals surface area contributed by atoms with Crippen molar-refractivity contribution in [1.29, 1.82) is 0 Å². The van der Waals surface area contributed by atoms with Gasteiger partial charge in [-0.2, -0.15) is 0 Å². The fraction of sp³-hybridized carbons (Fsp3) is 0.296. The Bertz CT molecular complexity index is 1380. The summed E-state index contributed by atoms with van der Waals surface area (Å²) in [7, 11) is 1.69. The molecule has 4 aromatic rings. The zero-order chi connectivity index (χ0) is 24.5. The zero-order valence-corrected chi connectivity index (χ0v) is 19.8. The highest BCUT2D eigenvalue weighted by atomic mass is 19.1. The van der Waals surface area contributed by atoms with Crippen molar-refractivity contribution < 1.29 is 13.5 Å². The van der Waals surface area contributed by atoms with Crippen LogP contribution in [0.5, 0.6) is 11.5 Å². The van der Waals surface area contributed by atoms with Crippen LogP contribution in [-0.4, -0.2) is 16.1 Å². The molecule has 0 saturated carbocycles. The average Bonchev–Trinajstić information content (AvgIpc) is 3.20. The Labute approximate surface area is 197 Å². The Morgan fingerprint density at radius 3 is 2.53 bits per heavy atom.